The van der Waals surface area contributed by atoms with Gasteiger partial charge in [0.15, 0.2) is 5.65 Å². The van der Waals surface area contributed by atoms with Gasteiger partial charge in [0.1, 0.15) is 17.7 Å². The Morgan fingerprint density at radius 3 is 2.68 bits per heavy atom. The number of urea groups is 1. The summed E-state index contributed by atoms with van der Waals surface area (Å²) < 4.78 is 29.0. The summed E-state index contributed by atoms with van der Waals surface area (Å²) in [6, 6.07) is 5.72. The van der Waals surface area contributed by atoms with Crippen LogP contribution in [0.3, 0.4) is 0 Å². The van der Waals surface area contributed by atoms with Crippen LogP contribution < -0.4 is 5.32 Å². The summed E-state index contributed by atoms with van der Waals surface area (Å²) in [6.45, 7) is 2.98. The predicted octanol–water partition coefficient (Wildman–Crippen LogP) is 3.67. The SMILES string of the molecule is CC1C[C@@H]1C(=O)N1CCC1c1cnc2nn(-c3cc(NC(=O)N4CC(F)C4)ccc3F)cc2c1. The molecule has 3 fully saturated rings. The lowest BCUT2D eigenvalue weighted by atomic mass is 9.94. The third-order valence-electron chi connectivity index (χ3n) is 7.06. The molecule has 8 nitrogen and oxygen atoms in total. The fourth-order valence-corrected chi connectivity index (χ4v) is 4.67. The number of hydrogen-bond donors (Lipinski definition) is 1. The first kappa shape index (κ1) is 21.0. The third-order valence-corrected chi connectivity index (χ3v) is 7.06. The molecule has 6 rings (SSSR count). The minimum atomic E-state index is -0.995. The molecule has 0 radical (unpaired) electrons. The van der Waals surface area contributed by atoms with Crippen LogP contribution in [0.4, 0.5) is 19.3 Å². The van der Waals surface area contributed by atoms with Gasteiger partial charge in [-0.2, -0.15) is 0 Å². The summed E-state index contributed by atoms with van der Waals surface area (Å²) in [5.74, 6) is 0.334. The van der Waals surface area contributed by atoms with Crippen LogP contribution >= 0.6 is 0 Å². The summed E-state index contributed by atoms with van der Waals surface area (Å²) in [4.78, 5) is 32.6. The van der Waals surface area contributed by atoms with Crippen molar-refractivity contribution in [2.75, 3.05) is 25.0 Å². The maximum atomic E-state index is 14.6. The summed E-state index contributed by atoms with van der Waals surface area (Å²) in [7, 11) is 0. The molecular formula is C24H24F2N6O2. The van der Waals surface area contributed by atoms with E-state index in [0.717, 1.165) is 30.3 Å². The largest absolute Gasteiger partial charge is 0.335 e. The number of carbonyl (C=O) groups is 2. The highest BCUT2D eigenvalue weighted by Crippen LogP contribution is 2.44. The molecule has 34 heavy (non-hydrogen) atoms. The highest BCUT2D eigenvalue weighted by molar-refractivity contribution is 5.90. The smallest absolute Gasteiger partial charge is 0.322 e. The zero-order valence-corrected chi connectivity index (χ0v) is 18.6. The molecule has 2 saturated heterocycles. The van der Waals surface area contributed by atoms with E-state index in [1.165, 1.54) is 27.8 Å². The van der Waals surface area contributed by atoms with E-state index in [4.69, 9.17) is 0 Å². The number of nitrogens with one attached hydrogen (secondary N) is 1. The molecule has 0 bridgehead atoms. The number of alkyl halides is 1. The average Bonchev–Trinajstić information content (AvgIpc) is 3.34. The minimum absolute atomic E-state index is 0.0150. The number of hydrogen-bond acceptors (Lipinski definition) is 4. The molecule has 2 unspecified atom stereocenters. The first-order valence-electron chi connectivity index (χ1n) is 11.5. The molecule has 3 atom stereocenters. The van der Waals surface area contributed by atoms with E-state index < -0.39 is 18.0 Å². The van der Waals surface area contributed by atoms with E-state index in [1.54, 1.807) is 12.4 Å². The Morgan fingerprint density at radius 2 is 2.00 bits per heavy atom. The van der Waals surface area contributed by atoms with Crippen LogP contribution in [0.5, 0.6) is 0 Å². The number of fused-ring (bicyclic) bond motifs is 1. The number of nitrogens with zero attached hydrogens (tertiary/aromatic N) is 5. The van der Waals surface area contributed by atoms with Gasteiger partial charge in [-0.25, -0.2) is 23.2 Å². The molecule has 3 aliphatic rings. The molecule has 4 heterocycles. The number of carbonyl (C=O) groups excluding carboxylic acids is 2. The number of benzene rings is 1. The lowest BCUT2D eigenvalue weighted by Crippen LogP contribution is -2.53. The van der Waals surface area contributed by atoms with Crippen molar-refractivity contribution < 1.29 is 18.4 Å². The van der Waals surface area contributed by atoms with Crippen molar-refractivity contribution in [1.29, 1.82) is 0 Å². The third kappa shape index (κ3) is 3.57. The number of halogens is 2. The van der Waals surface area contributed by atoms with Crippen molar-refractivity contribution in [1.82, 2.24) is 24.6 Å². The second kappa shape index (κ2) is 7.75. The van der Waals surface area contributed by atoms with Gasteiger partial charge in [0.2, 0.25) is 5.91 Å². The lowest BCUT2D eigenvalue weighted by molar-refractivity contribution is -0.140. The van der Waals surface area contributed by atoms with E-state index in [-0.39, 0.29) is 36.6 Å². The monoisotopic (exact) mass is 466 g/mol. The summed E-state index contributed by atoms with van der Waals surface area (Å²) >= 11 is 0. The molecule has 1 aliphatic carbocycles. The highest BCUT2D eigenvalue weighted by Gasteiger charge is 2.45. The molecule has 2 aliphatic heterocycles. The van der Waals surface area contributed by atoms with Gasteiger partial charge in [-0.3, -0.25) is 4.79 Å². The number of rotatable bonds is 4. The van der Waals surface area contributed by atoms with Crippen molar-refractivity contribution in [2.45, 2.75) is 32.0 Å². The standard InChI is InChI=1S/C24H24F2N6O2/c1-13-6-18(13)23(33)31-5-4-20(31)14-7-15-10-32(29-22(15)27-9-14)21-8-17(2-3-19(21)26)28-24(34)30-11-16(25)12-30/h2-3,7-10,13,16,18,20H,4-6,11-12H2,1H3,(H,28,34)/t13?,18-,20?/m0/s1. The van der Waals surface area contributed by atoms with Crippen LogP contribution in [0, 0.1) is 17.7 Å². The second-order valence-electron chi connectivity index (χ2n) is 9.51. The number of aromatic nitrogens is 3. The molecule has 2 aromatic heterocycles. The highest BCUT2D eigenvalue weighted by atomic mass is 19.1. The Kier molecular flexibility index (Phi) is 4.79. The van der Waals surface area contributed by atoms with E-state index >= 15 is 0 Å². The Labute approximate surface area is 194 Å². The van der Waals surface area contributed by atoms with Crippen molar-refractivity contribution >= 4 is 28.7 Å². The van der Waals surface area contributed by atoms with E-state index in [2.05, 4.69) is 22.3 Å². The van der Waals surface area contributed by atoms with Crippen LogP contribution in [0.25, 0.3) is 16.7 Å². The fraction of sp³-hybridized carbons (Fsp3) is 0.417. The van der Waals surface area contributed by atoms with Crippen LogP contribution in [0.1, 0.15) is 31.4 Å². The zero-order valence-electron chi connectivity index (χ0n) is 18.6. The van der Waals surface area contributed by atoms with E-state index in [0.29, 0.717) is 17.3 Å². The van der Waals surface area contributed by atoms with Crippen LogP contribution in [0.2, 0.25) is 0 Å². The summed E-state index contributed by atoms with van der Waals surface area (Å²) in [6.07, 6.45) is 4.28. The topological polar surface area (TPSA) is 83.4 Å². The van der Waals surface area contributed by atoms with Crippen molar-refractivity contribution in [3.8, 4) is 5.69 Å². The molecule has 1 N–H and O–H groups in total. The van der Waals surface area contributed by atoms with Gasteiger partial charge in [-0.1, -0.05) is 6.92 Å². The molecule has 3 amide bonds. The summed E-state index contributed by atoms with van der Waals surface area (Å²) in [5.41, 5.74) is 1.95. The molecule has 3 aromatic rings. The van der Waals surface area contributed by atoms with Crippen molar-refractivity contribution in [3.05, 3.63) is 48.0 Å². The van der Waals surface area contributed by atoms with Gasteiger partial charge in [0.05, 0.1) is 19.1 Å². The molecule has 0 spiro atoms. The maximum Gasteiger partial charge on any atom is 0.322 e. The Morgan fingerprint density at radius 1 is 1.21 bits per heavy atom. The molecule has 1 saturated carbocycles. The van der Waals surface area contributed by atoms with Crippen LogP contribution in [-0.2, 0) is 4.79 Å². The number of amides is 3. The first-order chi connectivity index (χ1) is 16.4. The van der Waals surface area contributed by atoms with Gasteiger partial charge < -0.3 is 15.1 Å². The summed E-state index contributed by atoms with van der Waals surface area (Å²) in [5, 5.41) is 7.80. The maximum absolute atomic E-state index is 14.6. The Hall–Kier alpha value is -3.56. The molecule has 176 valence electrons. The zero-order chi connectivity index (χ0) is 23.6. The minimum Gasteiger partial charge on any atom is -0.335 e. The number of likely N-dealkylation sites (tertiary alicyclic amines) is 2. The van der Waals surface area contributed by atoms with Gasteiger partial charge in [-0.05, 0) is 48.6 Å². The first-order valence-corrected chi connectivity index (χ1v) is 11.5. The van der Waals surface area contributed by atoms with Crippen LogP contribution in [0.15, 0.2) is 36.7 Å². The lowest BCUT2D eigenvalue weighted by Gasteiger charge is -2.41. The Bertz CT molecular complexity index is 1300. The van der Waals surface area contributed by atoms with E-state index in [9.17, 15) is 18.4 Å². The normalized spacial score (nSPS) is 24.0. The van der Waals surface area contributed by atoms with Crippen molar-refractivity contribution in [2.24, 2.45) is 11.8 Å². The second-order valence-corrected chi connectivity index (χ2v) is 9.51. The predicted molar refractivity (Wildman–Crippen MR) is 121 cm³/mol. The molecule has 10 heteroatoms. The quantitative estimate of drug-likeness (QED) is 0.636. The van der Waals surface area contributed by atoms with Gasteiger partial charge in [-0.15, -0.1) is 5.10 Å². The van der Waals surface area contributed by atoms with Crippen molar-refractivity contribution in [3.63, 3.8) is 0 Å². The van der Waals surface area contributed by atoms with Crippen LogP contribution in [-0.4, -0.2) is 62.3 Å². The molecule has 1 aromatic carbocycles. The van der Waals surface area contributed by atoms with Gasteiger partial charge >= 0.3 is 6.03 Å². The van der Waals surface area contributed by atoms with E-state index in [1.807, 2.05) is 11.0 Å². The molecular weight excluding hydrogens is 442 g/mol. The Balaban J connectivity index is 1.23. The van der Waals surface area contributed by atoms with Gasteiger partial charge in [0.25, 0.3) is 0 Å². The van der Waals surface area contributed by atoms with Gasteiger partial charge in [0, 0.05) is 35.9 Å². The number of anilines is 1. The fourth-order valence-electron chi connectivity index (χ4n) is 4.67. The average molecular weight is 466 g/mol. The number of pyridine rings is 1.